The highest BCUT2D eigenvalue weighted by Crippen LogP contribution is 2.24. The molecule has 6 heteroatoms. The molecule has 104 valence electrons. The Kier molecular flexibility index (Phi) is 4.99. The first-order chi connectivity index (χ1) is 9.13. The molecular weight excluding hydrogens is 282 g/mol. The van der Waals surface area contributed by atoms with E-state index in [9.17, 15) is 8.42 Å². The molecule has 0 aliphatic heterocycles. The highest BCUT2D eigenvalue weighted by atomic mass is 32.2. The molecule has 1 heterocycles. The quantitative estimate of drug-likeness (QED) is 0.827. The molecule has 0 saturated heterocycles. The highest BCUT2D eigenvalue weighted by molar-refractivity contribution is 7.90. The van der Waals surface area contributed by atoms with E-state index in [1.54, 1.807) is 0 Å². The lowest BCUT2D eigenvalue weighted by atomic mass is 10.2. The average molecular weight is 299 g/mol. The third kappa shape index (κ3) is 3.80. The maximum Gasteiger partial charge on any atom is 0.214 e. The molecule has 0 radical (unpaired) electrons. The van der Waals surface area contributed by atoms with Crippen LogP contribution in [-0.2, 0) is 16.6 Å². The molecule has 1 aliphatic carbocycles. The Labute approximate surface area is 117 Å². The van der Waals surface area contributed by atoms with Crippen molar-refractivity contribution in [3.05, 3.63) is 21.9 Å². The van der Waals surface area contributed by atoms with Crippen molar-refractivity contribution in [3.63, 3.8) is 0 Å². The summed E-state index contributed by atoms with van der Waals surface area (Å²) in [6, 6.07) is 1.84. The summed E-state index contributed by atoms with van der Waals surface area (Å²) in [5.41, 5.74) is 0.785. The van der Waals surface area contributed by atoms with Crippen LogP contribution in [0.2, 0.25) is 0 Å². The summed E-state index contributed by atoms with van der Waals surface area (Å²) >= 11 is 1.47. The second kappa shape index (κ2) is 6.53. The summed E-state index contributed by atoms with van der Waals surface area (Å²) in [7, 11) is -3.21. The molecular formula is C13H17NO3S2. The second-order valence-corrected chi connectivity index (χ2v) is 7.54. The van der Waals surface area contributed by atoms with E-state index in [1.165, 1.54) is 11.3 Å². The molecule has 1 saturated carbocycles. The number of rotatable bonds is 4. The number of hydrogen-bond acceptors (Lipinski definition) is 4. The van der Waals surface area contributed by atoms with E-state index in [1.807, 2.05) is 11.4 Å². The van der Waals surface area contributed by atoms with Crippen molar-refractivity contribution in [2.45, 2.75) is 37.5 Å². The van der Waals surface area contributed by atoms with Gasteiger partial charge in [0.15, 0.2) is 0 Å². The van der Waals surface area contributed by atoms with Gasteiger partial charge in [-0.2, -0.15) is 0 Å². The van der Waals surface area contributed by atoms with E-state index in [0.29, 0.717) is 0 Å². The predicted octanol–water partition coefficient (Wildman–Crippen LogP) is 1.45. The molecule has 1 aromatic rings. The molecule has 4 nitrogen and oxygen atoms in total. The van der Waals surface area contributed by atoms with Crippen molar-refractivity contribution in [1.29, 1.82) is 0 Å². The van der Waals surface area contributed by atoms with Crippen LogP contribution in [0, 0.1) is 11.8 Å². The van der Waals surface area contributed by atoms with Crippen LogP contribution in [0.25, 0.3) is 0 Å². The second-order valence-electron chi connectivity index (χ2n) is 4.49. The van der Waals surface area contributed by atoms with Gasteiger partial charge in [0.25, 0.3) is 0 Å². The van der Waals surface area contributed by atoms with E-state index in [-0.39, 0.29) is 18.4 Å². The normalized spacial score (nSPS) is 16.3. The van der Waals surface area contributed by atoms with Gasteiger partial charge in [-0.3, -0.25) is 0 Å². The monoisotopic (exact) mass is 299 g/mol. The fourth-order valence-corrected chi connectivity index (χ4v) is 4.60. The Bertz CT molecular complexity index is 575. The van der Waals surface area contributed by atoms with E-state index >= 15 is 0 Å². The maximum atomic E-state index is 12.1. The van der Waals surface area contributed by atoms with Crippen LogP contribution in [0.3, 0.4) is 0 Å². The zero-order chi connectivity index (χ0) is 13.7. The summed E-state index contributed by atoms with van der Waals surface area (Å²) in [6.07, 6.45) is 3.52. The minimum Gasteiger partial charge on any atom is -0.384 e. The van der Waals surface area contributed by atoms with Gasteiger partial charge in [0.1, 0.15) is 6.61 Å². The van der Waals surface area contributed by atoms with E-state index in [0.717, 1.165) is 36.1 Å². The molecule has 2 N–H and O–H groups in total. The molecule has 0 atom stereocenters. The Hall–Kier alpha value is -0.870. The fraction of sp³-hybridized carbons (Fsp3) is 0.538. The molecule has 0 unspecified atom stereocenters. The van der Waals surface area contributed by atoms with Crippen molar-refractivity contribution in [3.8, 4) is 11.8 Å². The minimum atomic E-state index is -3.21. The van der Waals surface area contributed by atoms with Crippen LogP contribution in [-0.4, -0.2) is 25.4 Å². The lowest BCUT2D eigenvalue weighted by Gasteiger charge is -2.11. The molecule has 0 amide bonds. The third-order valence-electron chi connectivity index (χ3n) is 3.22. The van der Waals surface area contributed by atoms with E-state index < -0.39 is 10.0 Å². The Morgan fingerprint density at radius 3 is 2.84 bits per heavy atom. The van der Waals surface area contributed by atoms with Gasteiger partial charge in [0, 0.05) is 17.0 Å². The molecule has 19 heavy (non-hydrogen) atoms. The van der Waals surface area contributed by atoms with Crippen molar-refractivity contribution in [1.82, 2.24) is 4.72 Å². The van der Waals surface area contributed by atoms with Crippen LogP contribution in [0.15, 0.2) is 11.4 Å². The first-order valence-electron chi connectivity index (χ1n) is 6.28. The number of thiophene rings is 1. The van der Waals surface area contributed by atoms with Crippen molar-refractivity contribution >= 4 is 21.4 Å². The molecule has 1 aliphatic rings. The predicted molar refractivity (Wildman–Crippen MR) is 76.3 cm³/mol. The van der Waals surface area contributed by atoms with Gasteiger partial charge in [-0.25, -0.2) is 13.1 Å². The van der Waals surface area contributed by atoms with Crippen LogP contribution < -0.4 is 4.72 Å². The zero-order valence-corrected chi connectivity index (χ0v) is 12.2. The van der Waals surface area contributed by atoms with Crippen LogP contribution in [0.5, 0.6) is 0 Å². The molecule has 0 spiro atoms. The lowest BCUT2D eigenvalue weighted by molar-refractivity contribution is 0.350. The Morgan fingerprint density at radius 2 is 2.16 bits per heavy atom. The molecule has 1 fully saturated rings. The van der Waals surface area contributed by atoms with Gasteiger partial charge in [-0.15, -0.1) is 11.3 Å². The summed E-state index contributed by atoms with van der Waals surface area (Å²) < 4.78 is 26.8. The van der Waals surface area contributed by atoms with Crippen LogP contribution >= 0.6 is 11.3 Å². The summed E-state index contributed by atoms with van der Waals surface area (Å²) in [6.45, 7) is 0.0923. The van der Waals surface area contributed by atoms with Gasteiger partial charge in [-0.1, -0.05) is 24.7 Å². The van der Waals surface area contributed by atoms with Crippen molar-refractivity contribution in [2.24, 2.45) is 0 Å². The summed E-state index contributed by atoms with van der Waals surface area (Å²) in [4.78, 5) is 0.891. The van der Waals surface area contributed by atoms with Gasteiger partial charge >= 0.3 is 0 Å². The number of aliphatic hydroxyl groups excluding tert-OH is 1. The third-order valence-corrected chi connectivity index (χ3v) is 6.04. The van der Waals surface area contributed by atoms with Gasteiger partial charge in [0.2, 0.25) is 10.0 Å². The van der Waals surface area contributed by atoms with Gasteiger partial charge < -0.3 is 5.11 Å². The first-order valence-corrected chi connectivity index (χ1v) is 8.70. The largest absolute Gasteiger partial charge is 0.384 e. The molecule has 1 aromatic heterocycles. The Morgan fingerprint density at radius 1 is 1.42 bits per heavy atom. The summed E-state index contributed by atoms with van der Waals surface area (Å²) in [5.74, 6) is 5.40. The smallest absolute Gasteiger partial charge is 0.214 e. The topological polar surface area (TPSA) is 66.4 Å². The van der Waals surface area contributed by atoms with E-state index in [2.05, 4.69) is 16.6 Å². The van der Waals surface area contributed by atoms with Crippen LogP contribution in [0.4, 0.5) is 0 Å². The first kappa shape index (κ1) is 14.5. The number of hydrogen-bond donors (Lipinski definition) is 2. The maximum absolute atomic E-state index is 12.1. The van der Waals surface area contributed by atoms with Crippen molar-refractivity contribution in [2.75, 3.05) is 6.61 Å². The molecule has 0 bridgehead atoms. The zero-order valence-electron chi connectivity index (χ0n) is 10.6. The Balaban J connectivity index is 2.00. The number of aliphatic hydroxyl groups is 1. The summed E-state index contributed by atoms with van der Waals surface area (Å²) in [5, 5.41) is 10.3. The fourth-order valence-electron chi connectivity index (χ4n) is 2.21. The van der Waals surface area contributed by atoms with E-state index in [4.69, 9.17) is 5.11 Å². The average Bonchev–Trinajstić information content (AvgIpc) is 3.05. The SMILES string of the molecule is O=S(=O)(NCc1sccc1C#CCO)C1CCCC1. The van der Waals surface area contributed by atoms with Gasteiger partial charge in [0.05, 0.1) is 5.25 Å². The lowest BCUT2D eigenvalue weighted by Crippen LogP contribution is -2.32. The highest BCUT2D eigenvalue weighted by Gasteiger charge is 2.28. The number of nitrogens with one attached hydrogen (secondary N) is 1. The van der Waals surface area contributed by atoms with Crippen LogP contribution in [0.1, 0.15) is 36.1 Å². The minimum absolute atomic E-state index is 0.191. The molecule has 2 rings (SSSR count). The van der Waals surface area contributed by atoms with Crippen molar-refractivity contribution < 1.29 is 13.5 Å². The van der Waals surface area contributed by atoms with Gasteiger partial charge in [-0.05, 0) is 24.3 Å². The molecule has 0 aromatic carbocycles. The number of sulfonamides is 1. The standard InChI is InChI=1S/C13H17NO3S2/c15-8-3-4-11-7-9-18-13(11)10-14-19(16,17)12-5-1-2-6-12/h7,9,12,14-15H,1-2,5-6,8,10H2.